The zero-order valence-corrected chi connectivity index (χ0v) is 8.33. The molecule has 0 aromatic carbocycles. The highest BCUT2D eigenvalue weighted by atomic mass is 16.3. The smallest absolute Gasteiger partial charge is 0.101 e. The first-order valence-corrected chi connectivity index (χ1v) is 4.73. The summed E-state index contributed by atoms with van der Waals surface area (Å²) < 4.78 is 0. The fraction of sp³-hybridized carbons (Fsp3) is 0.455. The summed E-state index contributed by atoms with van der Waals surface area (Å²) in [7, 11) is 0. The second-order valence-electron chi connectivity index (χ2n) is 3.73. The van der Waals surface area contributed by atoms with Gasteiger partial charge >= 0.3 is 0 Å². The minimum atomic E-state index is -0.435. The highest BCUT2D eigenvalue weighted by Gasteiger charge is 2.25. The Hall–Kier alpha value is -1.40. The van der Waals surface area contributed by atoms with Gasteiger partial charge in [0.05, 0.1) is 23.1 Å². The highest BCUT2D eigenvalue weighted by molar-refractivity contribution is 5.48. The van der Waals surface area contributed by atoms with Crippen LogP contribution in [0.15, 0.2) is 0 Å². The Kier molecular flexibility index (Phi) is 2.01. The molecule has 14 heavy (non-hydrogen) atoms. The second-order valence-corrected chi connectivity index (χ2v) is 3.73. The molecule has 0 saturated heterocycles. The normalized spacial score (nSPS) is 19.1. The van der Waals surface area contributed by atoms with E-state index < -0.39 is 6.10 Å². The molecule has 2 rings (SSSR count). The molecule has 1 atom stereocenters. The highest BCUT2D eigenvalue weighted by Crippen LogP contribution is 2.33. The standard InChI is InChI=1S/C11H12N2O/c1-6-8-3-4-10(14)11(8)13-7(2)9(6)5-12/h10,14H,3-4H2,1-2H3. The van der Waals surface area contributed by atoms with Crippen molar-refractivity contribution in [2.45, 2.75) is 32.8 Å². The van der Waals surface area contributed by atoms with Crippen LogP contribution in [0.4, 0.5) is 0 Å². The SMILES string of the molecule is Cc1nc2c(c(C)c1C#N)CCC2O. The molecule has 72 valence electrons. The molecule has 1 aliphatic rings. The van der Waals surface area contributed by atoms with Gasteiger partial charge in [-0.2, -0.15) is 5.26 Å². The fourth-order valence-electron chi connectivity index (χ4n) is 2.09. The van der Waals surface area contributed by atoms with E-state index in [-0.39, 0.29) is 0 Å². The summed E-state index contributed by atoms with van der Waals surface area (Å²) >= 11 is 0. The first-order valence-electron chi connectivity index (χ1n) is 4.73. The molecule has 3 nitrogen and oxygen atoms in total. The average Bonchev–Trinajstić information content (AvgIpc) is 2.49. The molecular weight excluding hydrogens is 176 g/mol. The molecule has 0 aliphatic heterocycles. The number of pyridine rings is 1. The van der Waals surface area contributed by atoms with Crippen LogP contribution >= 0.6 is 0 Å². The predicted molar refractivity (Wildman–Crippen MR) is 51.7 cm³/mol. The van der Waals surface area contributed by atoms with Crippen molar-refractivity contribution >= 4 is 0 Å². The van der Waals surface area contributed by atoms with Crippen LogP contribution in [0.1, 0.15) is 40.6 Å². The zero-order valence-electron chi connectivity index (χ0n) is 8.33. The molecule has 1 aromatic rings. The molecule has 0 radical (unpaired) electrons. The van der Waals surface area contributed by atoms with E-state index in [0.29, 0.717) is 5.56 Å². The molecule has 1 aromatic heterocycles. The number of hydrogen-bond donors (Lipinski definition) is 1. The zero-order chi connectivity index (χ0) is 10.3. The lowest BCUT2D eigenvalue weighted by molar-refractivity contribution is 0.175. The molecule has 0 fully saturated rings. The van der Waals surface area contributed by atoms with Gasteiger partial charge in [-0.25, -0.2) is 0 Å². The average molecular weight is 188 g/mol. The molecule has 3 heteroatoms. The lowest BCUT2D eigenvalue weighted by Gasteiger charge is -2.09. The number of aryl methyl sites for hydroxylation is 1. The number of hydrogen-bond acceptors (Lipinski definition) is 3. The molecule has 0 spiro atoms. The Bertz CT molecular complexity index is 432. The van der Waals surface area contributed by atoms with E-state index in [0.717, 1.165) is 35.4 Å². The van der Waals surface area contributed by atoms with Gasteiger partial charge < -0.3 is 5.11 Å². The number of aliphatic hydroxyl groups is 1. The van der Waals surface area contributed by atoms with Crippen molar-refractivity contribution in [3.63, 3.8) is 0 Å². The van der Waals surface area contributed by atoms with Gasteiger partial charge in [0, 0.05) is 0 Å². The van der Waals surface area contributed by atoms with Crippen molar-refractivity contribution in [2.24, 2.45) is 0 Å². The first kappa shape index (κ1) is 9.17. The van der Waals surface area contributed by atoms with E-state index in [1.54, 1.807) is 0 Å². The molecule has 1 heterocycles. The van der Waals surface area contributed by atoms with Gasteiger partial charge in [0.25, 0.3) is 0 Å². The van der Waals surface area contributed by atoms with Gasteiger partial charge in [0.2, 0.25) is 0 Å². The van der Waals surface area contributed by atoms with Crippen molar-refractivity contribution in [3.8, 4) is 6.07 Å². The van der Waals surface area contributed by atoms with E-state index >= 15 is 0 Å². The summed E-state index contributed by atoms with van der Waals surface area (Å²) in [5.74, 6) is 0. The third kappa shape index (κ3) is 1.11. The summed E-state index contributed by atoms with van der Waals surface area (Å²) in [4.78, 5) is 4.29. The van der Waals surface area contributed by atoms with Crippen molar-refractivity contribution < 1.29 is 5.11 Å². The van der Waals surface area contributed by atoms with E-state index in [1.165, 1.54) is 0 Å². The summed E-state index contributed by atoms with van der Waals surface area (Å²) in [5.41, 5.74) is 4.23. The molecular formula is C11H12N2O. The number of aromatic nitrogens is 1. The monoisotopic (exact) mass is 188 g/mol. The Morgan fingerprint density at radius 3 is 2.86 bits per heavy atom. The first-order chi connectivity index (χ1) is 6.65. The largest absolute Gasteiger partial charge is 0.387 e. The van der Waals surface area contributed by atoms with Gasteiger partial charge in [-0.1, -0.05) is 0 Å². The van der Waals surface area contributed by atoms with Gasteiger partial charge in [-0.3, -0.25) is 4.98 Å². The summed E-state index contributed by atoms with van der Waals surface area (Å²) in [5, 5.41) is 18.6. The molecule has 1 aliphatic carbocycles. The Morgan fingerprint density at radius 1 is 1.50 bits per heavy atom. The van der Waals surface area contributed by atoms with Crippen LogP contribution in [0.25, 0.3) is 0 Å². The number of aliphatic hydroxyl groups excluding tert-OH is 1. The van der Waals surface area contributed by atoms with Crippen LogP contribution in [0, 0.1) is 25.2 Å². The molecule has 1 unspecified atom stereocenters. The maximum atomic E-state index is 9.65. The van der Waals surface area contributed by atoms with Crippen molar-refractivity contribution in [2.75, 3.05) is 0 Å². The molecule has 1 N–H and O–H groups in total. The van der Waals surface area contributed by atoms with E-state index in [9.17, 15) is 5.11 Å². The van der Waals surface area contributed by atoms with Crippen LogP contribution < -0.4 is 0 Å². The van der Waals surface area contributed by atoms with E-state index in [4.69, 9.17) is 5.26 Å². The quantitative estimate of drug-likeness (QED) is 0.672. The Morgan fingerprint density at radius 2 is 2.21 bits per heavy atom. The number of nitrogens with zero attached hydrogens (tertiary/aromatic N) is 2. The van der Waals surface area contributed by atoms with E-state index in [1.807, 2.05) is 13.8 Å². The summed E-state index contributed by atoms with van der Waals surface area (Å²) in [6, 6.07) is 2.16. The fourth-order valence-corrected chi connectivity index (χ4v) is 2.09. The molecule has 0 amide bonds. The van der Waals surface area contributed by atoms with E-state index in [2.05, 4.69) is 11.1 Å². The van der Waals surface area contributed by atoms with Crippen LogP contribution in [0.3, 0.4) is 0 Å². The van der Waals surface area contributed by atoms with Gasteiger partial charge in [0.1, 0.15) is 6.07 Å². The van der Waals surface area contributed by atoms with Crippen LogP contribution in [0.5, 0.6) is 0 Å². The summed E-state index contributed by atoms with van der Waals surface area (Å²) in [6.45, 7) is 3.75. The minimum absolute atomic E-state index is 0.435. The Labute approximate surface area is 83.0 Å². The van der Waals surface area contributed by atoms with Crippen molar-refractivity contribution in [3.05, 3.63) is 28.1 Å². The summed E-state index contributed by atoms with van der Waals surface area (Å²) in [6.07, 6.45) is 1.14. The minimum Gasteiger partial charge on any atom is -0.387 e. The third-order valence-corrected chi connectivity index (χ3v) is 2.88. The molecule has 0 saturated carbocycles. The maximum absolute atomic E-state index is 9.65. The van der Waals surface area contributed by atoms with Gasteiger partial charge in [-0.05, 0) is 37.8 Å². The maximum Gasteiger partial charge on any atom is 0.101 e. The lowest BCUT2D eigenvalue weighted by Crippen LogP contribution is -2.02. The third-order valence-electron chi connectivity index (χ3n) is 2.88. The Balaban J connectivity index is 2.70. The number of nitriles is 1. The lowest BCUT2D eigenvalue weighted by atomic mass is 10.0. The molecule has 0 bridgehead atoms. The topological polar surface area (TPSA) is 56.9 Å². The van der Waals surface area contributed by atoms with Crippen molar-refractivity contribution in [1.82, 2.24) is 4.98 Å². The number of rotatable bonds is 0. The van der Waals surface area contributed by atoms with Crippen LogP contribution in [-0.2, 0) is 6.42 Å². The van der Waals surface area contributed by atoms with Gasteiger partial charge in [0.15, 0.2) is 0 Å². The predicted octanol–water partition coefficient (Wildman–Crippen LogP) is 1.55. The van der Waals surface area contributed by atoms with Crippen LogP contribution in [-0.4, -0.2) is 10.1 Å². The van der Waals surface area contributed by atoms with Crippen LogP contribution in [0.2, 0.25) is 0 Å². The van der Waals surface area contributed by atoms with Gasteiger partial charge in [-0.15, -0.1) is 0 Å². The second kappa shape index (κ2) is 3.07. The number of fused-ring (bicyclic) bond motifs is 1. The van der Waals surface area contributed by atoms with Crippen molar-refractivity contribution in [1.29, 1.82) is 5.26 Å².